The van der Waals surface area contributed by atoms with Gasteiger partial charge in [0.15, 0.2) is 0 Å². The summed E-state index contributed by atoms with van der Waals surface area (Å²) in [5.41, 5.74) is 2.99. The van der Waals surface area contributed by atoms with Gasteiger partial charge in [0, 0.05) is 0 Å². The molecular formula is C13H12FNO. The molecule has 0 unspecified atom stereocenters. The van der Waals surface area contributed by atoms with Crippen LogP contribution in [0.3, 0.4) is 0 Å². The van der Waals surface area contributed by atoms with Gasteiger partial charge < -0.3 is 0 Å². The summed E-state index contributed by atoms with van der Waals surface area (Å²) in [6.07, 6.45) is 0. The molecule has 0 aromatic heterocycles. The lowest BCUT2D eigenvalue weighted by atomic mass is 10.0. The topological polar surface area (TPSA) is 35.2 Å². The van der Waals surface area contributed by atoms with Crippen molar-refractivity contribution in [3.8, 4) is 11.1 Å². The molecule has 0 heterocycles. The molecule has 0 saturated heterocycles. The summed E-state index contributed by atoms with van der Waals surface area (Å²) in [5, 5.41) is 0. The molecule has 0 fully saturated rings. The number of rotatable bonds is 3. The van der Waals surface area contributed by atoms with Crippen LogP contribution in [0.4, 0.5) is 4.39 Å². The van der Waals surface area contributed by atoms with E-state index < -0.39 is 0 Å². The average Bonchev–Trinajstić information content (AvgIpc) is 2.31. The van der Waals surface area contributed by atoms with E-state index in [1.165, 1.54) is 12.1 Å². The zero-order chi connectivity index (χ0) is 11.4. The molecule has 2 rings (SSSR count). The van der Waals surface area contributed by atoms with E-state index in [-0.39, 0.29) is 5.82 Å². The largest absolute Gasteiger partial charge is 0.300 e. The smallest absolute Gasteiger partial charge is 0.123 e. The third-order valence-corrected chi connectivity index (χ3v) is 2.35. The van der Waals surface area contributed by atoms with Crippen molar-refractivity contribution in [1.29, 1.82) is 0 Å². The highest BCUT2D eigenvalue weighted by Gasteiger charge is 1.99. The molecule has 0 saturated carbocycles. The Hall–Kier alpha value is -1.71. The van der Waals surface area contributed by atoms with E-state index in [0.29, 0.717) is 6.61 Å². The number of benzene rings is 2. The van der Waals surface area contributed by atoms with Gasteiger partial charge in [0.1, 0.15) is 5.82 Å². The predicted molar refractivity (Wildman–Crippen MR) is 60.8 cm³/mol. The lowest BCUT2D eigenvalue weighted by molar-refractivity contribution is 0.124. The number of halogens is 1. The molecule has 0 bridgehead atoms. The fraction of sp³-hybridized carbons (Fsp3) is 0.0769. The fourth-order valence-electron chi connectivity index (χ4n) is 1.58. The molecule has 0 aliphatic heterocycles. The Morgan fingerprint density at radius 3 is 2.44 bits per heavy atom. The van der Waals surface area contributed by atoms with Gasteiger partial charge in [0.05, 0.1) is 6.61 Å². The lowest BCUT2D eigenvalue weighted by Crippen LogP contribution is -1.98. The van der Waals surface area contributed by atoms with Crippen molar-refractivity contribution in [1.82, 2.24) is 0 Å². The van der Waals surface area contributed by atoms with Crippen LogP contribution < -0.4 is 5.90 Å². The van der Waals surface area contributed by atoms with Crippen LogP contribution >= 0.6 is 0 Å². The minimum Gasteiger partial charge on any atom is -0.300 e. The molecule has 2 N–H and O–H groups in total. The molecule has 3 heteroatoms. The Labute approximate surface area is 93.4 Å². The highest BCUT2D eigenvalue weighted by atomic mass is 19.1. The van der Waals surface area contributed by atoms with Crippen molar-refractivity contribution in [2.75, 3.05) is 0 Å². The first-order chi connectivity index (χ1) is 7.79. The maximum atomic E-state index is 12.8. The Balaban J connectivity index is 2.32. The summed E-state index contributed by atoms with van der Waals surface area (Å²) >= 11 is 0. The summed E-state index contributed by atoms with van der Waals surface area (Å²) in [6.45, 7) is 0.370. The Morgan fingerprint density at radius 1 is 1.00 bits per heavy atom. The molecule has 2 aromatic rings. The van der Waals surface area contributed by atoms with Crippen LogP contribution in [0.15, 0.2) is 48.5 Å². The minimum atomic E-state index is -0.231. The molecule has 0 amide bonds. The molecule has 82 valence electrons. The van der Waals surface area contributed by atoms with Gasteiger partial charge in [-0.25, -0.2) is 10.3 Å². The molecule has 0 atom stereocenters. The summed E-state index contributed by atoms with van der Waals surface area (Å²) in [7, 11) is 0. The van der Waals surface area contributed by atoms with Gasteiger partial charge in [-0.1, -0.05) is 30.3 Å². The van der Waals surface area contributed by atoms with E-state index in [4.69, 9.17) is 5.90 Å². The van der Waals surface area contributed by atoms with Crippen molar-refractivity contribution < 1.29 is 9.23 Å². The maximum absolute atomic E-state index is 12.8. The monoisotopic (exact) mass is 217 g/mol. The normalized spacial score (nSPS) is 10.4. The quantitative estimate of drug-likeness (QED) is 0.802. The molecular weight excluding hydrogens is 205 g/mol. The van der Waals surface area contributed by atoms with Crippen LogP contribution in [-0.4, -0.2) is 0 Å². The van der Waals surface area contributed by atoms with E-state index in [1.54, 1.807) is 12.1 Å². The second kappa shape index (κ2) is 4.88. The third-order valence-electron chi connectivity index (χ3n) is 2.35. The maximum Gasteiger partial charge on any atom is 0.123 e. The molecule has 0 radical (unpaired) electrons. The first-order valence-electron chi connectivity index (χ1n) is 4.96. The van der Waals surface area contributed by atoms with Crippen molar-refractivity contribution in [3.05, 3.63) is 59.9 Å². The van der Waals surface area contributed by atoms with Gasteiger partial charge in [-0.2, -0.15) is 0 Å². The standard InChI is InChI=1S/C13H12FNO/c14-13-6-4-11(5-7-13)12-3-1-2-10(8-12)9-16-15/h1-8H,9,15H2. The average molecular weight is 217 g/mol. The first kappa shape index (κ1) is 10.8. The van der Waals surface area contributed by atoms with Crippen LogP contribution in [-0.2, 0) is 11.4 Å². The van der Waals surface area contributed by atoms with E-state index in [1.807, 2.05) is 24.3 Å². The van der Waals surface area contributed by atoms with Crippen LogP contribution in [0.25, 0.3) is 11.1 Å². The molecule has 0 spiro atoms. The second-order valence-electron chi connectivity index (χ2n) is 3.52. The van der Waals surface area contributed by atoms with E-state index >= 15 is 0 Å². The second-order valence-corrected chi connectivity index (χ2v) is 3.52. The highest BCUT2D eigenvalue weighted by molar-refractivity contribution is 5.63. The Kier molecular flexibility index (Phi) is 3.29. The van der Waals surface area contributed by atoms with Crippen LogP contribution in [0.2, 0.25) is 0 Å². The summed E-state index contributed by atoms with van der Waals surface area (Å²) in [4.78, 5) is 4.58. The highest BCUT2D eigenvalue weighted by Crippen LogP contribution is 2.20. The zero-order valence-electron chi connectivity index (χ0n) is 8.69. The Morgan fingerprint density at radius 2 is 1.75 bits per heavy atom. The number of nitrogens with two attached hydrogens (primary N) is 1. The predicted octanol–water partition coefficient (Wildman–Crippen LogP) is 2.88. The summed E-state index contributed by atoms with van der Waals surface area (Å²) < 4.78 is 12.8. The Bertz CT molecular complexity index is 468. The van der Waals surface area contributed by atoms with Gasteiger partial charge in [0.25, 0.3) is 0 Å². The van der Waals surface area contributed by atoms with Crippen molar-refractivity contribution in [3.63, 3.8) is 0 Å². The summed E-state index contributed by atoms with van der Waals surface area (Å²) in [5.74, 6) is 4.79. The molecule has 2 nitrogen and oxygen atoms in total. The van der Waals surface area contributed by atoms with Gasteiger partial charge >= 0.3 is 0 Å². The van der Waals surface area contributed by atoms with Crippen LogP contribution in [0.5, 0.6) is 0 Å². The number of hydrogen-bond donors (Lipinski definition) is 1. The van der Waals surface area contributed by atoms with Crippen molar-refractivity contribution in [2.24, 2.45) is 5.90 Å². The molecule has 2 aromatic carbocycles. The van der Waals surface area contributed by atoms with Gasteiger partial charge in [-0.15, -0.1) is 0 Å². The lowest BCUT2D eigenvalue weighted by Gasteiger charge is -2.04. The van der Waals surface area contributed by atoms with E-state index in [0.717, 1.165) is 16.7 Å². The SMILES string of the molecule is NOCc1cccc(-c2ccc(F)cc2)c1. The minimum absolute atomic E-state index is 0.231. The van der Waals surface area contributed by atoms with Gasteiger partial charge in [-0.3, -0.25) is 4.84 Å². The van der Waals surface area contributed by atoms with Crippen LogP contribution in [0, 0.1) is 5.82 Å². The van der Waals surface area contributed by atoms with E-state index in [9.17, 15) is 4.39 Å². The molecule has 16 heavy (non-hydrogen) atoms. The zero-order valence-corrected chi connectivity index (χ0v) is 8.69. The first-order valence-corrected chi connectivity index (χ1v) is 4.96. The fourth-order valence-corrected chi connectivity index (χ4v) is 1.58. The molecule has 0 aliphatic carbocycles. The van der Waals surface area contributed by atoms with Crippen molar-refractivity contribution >= 4 is 0 Å². The van der Waals surface area contributed by atoms with Gasteiger partial charge in [0.2, 0.25) is 0 Å². The summed E-state index contributed by atoms with van der Waals surface area (Å²) in [6, 6.07) is 14.2. The van der Waals surface area contributed by atoms with E-state index in [2.05, 4.69) is 4.84 Å². The third kappa shape index (κ3) is 2.45. The molecule has 0 aliphatic rings. The van der Waals surface area contributed by atoms with Crippen molar-refractivity contribution in [2.45, 2.75) is 6.61 Å². The number of hydrogen-bond acceptors (Lipinski definition) is 2. The van der Waals surface area contributed by atoms with Gasteiger partial charge in [-0.05, 0) is 34.9 Å². The van der Waals surface area contributed by atoms with Crippen LogP contribution in [0.1, 0.15) is 5.56 Å².